The molecule has 0 bridgehead atoms. The average Bonchev–Trinajstić information content (AvgIpc) is 2.74. The topological polar surface area (TPSA) is 9.23 Å². The molecule has 0 aliphatic heterocycles. The van der Waals surface area contributed by atoms with Gasteiger partial charge in [-0.15, -0.1) is 0 Å². The molecule has 0 radical (unpaired) electrons. The van der Waals surface area contributed by atoms with E-state index < -0.39 is 0 Å². The maximum absolute atomic E-state index is 6.18. The molecule has 0 heterocycles. The summed E-state index contributed by atoms with van der Waals surface area (Å²) in [6, 6.07) is 28.3. The highest BCUT2D eigenvalue weighted by Gasteiger charge is 2.25. The number of hydrogen-bond donors (Lipinski definition) is 0. The van der Waals surface area contributed by atoms with Crippen LogP contribution in [-0.4, -0.2) is 0 Å². The highest BCUT2D eigenvalue weighted by molar-refractivity contribution is 5.86. The van der Waals surface area contributed by atoms with Gasteiger partial charge < -0.3 is 4.74 Å². The zero-order chi connectivity index (χ0) is 21.1. The summed E-state index contributed by atoms with van der Waals surface area (Å²) in [6.07, 6.45) is 2.43. The molecule has 1 unspecified atom stereocenters. The summed E-state index contributed by atoms with van der Waals surface area (Å²) >= 11 is 0. The van der Waals surface area contributed by atoms with Crippen molar-refractivity contribution in [2.45, 2.75) is 53.1 Å². The van der Waals surface area contributed by atoms with E-state index in [4.69, 9.17) is 4.74 Å². The molecular weight excluding hydrogens is 364 g/mol. The molecule has 0 amide bonds. The van der Waals surface area contributed by atoms with Gasteiger partial charge in [0.25, 0.3) is 0 Å². The van der Waals surface area contributed by atoms with Gasteiger partial charge in [-0.05, 0) is 62.6 Å². The highest BCUT2D eigenvalue weighted by atomic mass is 16.5. The van der Waals surface area contributed by atoms with Gasteiger partial charge in [0.1, 0.15) is 12.4 Å². The Kier molecular flexibility index (Phi) is 5.81. The molecule has 0 fully saturated rings. The number of benzene rings is 4. The Balaban J connectivity index is 1.56. The van der Waals surface area contributed by atoms with Crippen LogP contribution in [0.25, 0.3) is 21.5 Å². The third-order valence-corrected chi connectivity index (χ3v) is 6.14. The highest BCUT2D eigenvalue weighted by Crippen LogP contribution is 2.39. The number of hydrogen-bond acceptors (Lipinski definition) is 1. The van der Waals surface area contributed by atoms with Gasteiger partial charge in [-0.25, -0.2) is 0 Å². The third-order valence-electron chi connectivity index (χ3n) is 6.14. The fourth-order valence-electron chi connectivity index (χ4n) is 4.52. The van der Waals surface area contributed by atoms with Crippen molar-refractivity contribution >= 4 is 21.5 Å². The van der Waals surface area contributed by atoms with Gasteiger partial charge in [-0.1, -0.05) is 101 Å². The summed E-state index contributed by atoms with van der Waals surface area (Å²) in [5.74, 6) is 1.50. The number of fused-ring (bicyclic) bond motifs is 2. The molecule has 1 atom stereocenters. The summed E-state index contributed by atoms with van der Waals surface area (Å²) in [7, 11) is 0. The first-order valence-electron chi connectivity index (χ1n) is 11.1. The van der Waals surface area contributed by atoms with Crippen LogP contribution in [0.1, 0.15) is 57.6 Å². The molecule has 0 aliphatic rings. The lowest BCUT2D eigenvalue weighted by Gasteiger charge is -2.31. The molecule has 0 aromatic heterocycles. The Morgan fingerprint density at radius 3 is 2.30 bits per heavy atom. The molecule has 1 heteroatoms. The summed E-state index contributed by atoms with van der Waals surface area (Å²) in [6.45, 7) is 9.90. The minimum Gasteiger partial charge on any atom is -0.489 e. The van der Waals surface area contributed by atoms with E-state index in [-0.39, 0.29) is 5.41 Å². The fraction of sp³-hybridized carbons (Fsp3) is 0.310. The molecule has 30 heavy (non-hydrogen) atoms. The number of ether oxygens (including phenoxy) is 1. The smallest absolute Gasteiger partial charge is 0.120 e. The molecule has 0 spiro atoms. The third kappa shape index (κ3) is 4.36. The van der Waals surface area contributed by atoms with Crippen molar-refractivity contribution < 1.29 is 4.74 Å². The maximum atomic E-state index is 6.18. The lowest BCUT2D eigenvalue weighted by atomic mass is 9.74. The van der Waals surface area contributed by atoms with E-state index in [0.717, 1.165) is 5.75 Å². The van der Waals surface area contributed by atoms with Crippen LogP contribution in [0.5, 0.6) is 5.75 Å². The molecule has 4 aromatic rings. The Labute approximate surface area is 180 Å². The fourth-order valence-corrected chi connectivity index (χ4v) is 4.52. The molecule has 0 saturated heterocycles. The second-order valence-electron chi connectivity index (χ2n) is 9.40. The number of rotatable bonds is 6. The monoisotopic (exact) mass is 396 g/mol. The van der Waals surface area contributed by atoms with E-state index in [0.29, 0.717) is 12.5 Å². The van der Waals surface area contributed by atoms with Gasteiger partial charge in [0, 0.05) is 0 Å². The molecule has 154 valence electrons. The van der Waals surface area contributed by atoms with E-state index >= 15 is 0 Å². The normalized spacial score (nSPS) is 12.9. The average molecular weight is 397 g/mol. The van der Waals surface area contributed by atoms with Crippen LogP contribution in [0, 0.1) is 5.41 Å². The first-order chi connectivity index (χ1) is 14.5. The second-order valence-corrected chi connectivity index (χ2v) is 9.40. The van der Waals surface area contributed by atoms with Gasteiger partial charge in [-0.3, -0.25) is 0 Å². The zero-order valence-electron chi connectivity index (χ0n) is 18.6. The Bertz CT molecular complexity index is 1140. The first-order valence-corrected chi connectivity index (χ1v) is 11.1. The molecule has 4 rings (SSSR count). The molecule has 0 N–H and O–H groups in total. The van der Waals surface area contributed by atoms with E-state index in [9.17, 15) is 0 Å². The molecule has 4 aromatic carbocycles. The predicted octanol–water partition coefficient (Wildman–Crippen LogP) is 8.50. The van der Waals surface area contributed by atoms with Crippen molar-refractivity contribution in [2.24, 2.45) is 5.41 Å². The van der Waals surface area contributed by atoms with Crippen molar-refractivity contribution in [3.05, 3.63) is 90.0 Å². The summed E-state index contributed by atoms with van der Waals surface area (Å²) < 4.78 is 6.18. The summed E-state index contributed by atoms with van der Waals surface area (Å²) in [5.41, 5.74) is 2.93. The molecular formula is C29H32O. The summed E-state index contributed by atoms with van der Waals surface area (Å²) in [4.78, 5) is 0. The minimum absolute atomic E-state index is 0.269. The van der Waals surface area contributed by atoms with E-state index in [2.05, 4.69) is 107 Å². The predicted molar refractivity (Wildman–Crippen MR) is 129 cm³/mol. The Morgan fingerprint density at radius 2 is 1.50 bits per heavy atom. The van der Waals surface area contributed by atoms with Crippen LogP contribution >= 0.6 is 0 Å². The van der Waals surface area contributed by atoms with Crippen LogP contribution in [-0.2, 0) is 6.61 Å². The van der Waals surface area contributed by atoms with Crippen LogP contribution in [0.4, 0.5) is 0 Å². The lowest BCUT2D eigenvalue weighted by Crippen LogP contribution is -2.18. The van der Waals surface area contributed by atoms with Crippen LogP contribution in [0.15, 0.2) is 78.9 Å². The molecule has 0 saturated carbocycles. The van der Waals surface area contributed by atoms with Crippen molar-refractivity contribution in [3.8, 4) is 5.75 Å². The molecule has 0 aliphatic carbocycles. The minimum atomic E-state index is 0.269. The largest absolute Gasteiger partial charge is 0.489 e. The summed E-state index contributed by atoms with van der Waals surface area (Å²) in [5, 5.41) is 5.04. The maximum Gasteiger partial charge on any atom is 0.120 e. The van der Waals surface area contributed by atoms with Crippen LogP contribution < -0.4 is 4.74 Å². The SMILES string of the molecule is CCCC(c1ccc2cc(OCc3cccc4ccccc34)ccc2c1)C(C)(C)C. The zero-order valence-corrected chi connectivity index (χ0v) is 18.6. The lowest BCUT2D eigenvalue weighted by molar-refractivity contribution is 0.303. The van der Waals surface area contributed by atoms with Crippen molar-refractivity contribution in [1.82, 2.24) is 0 Å². The van der Waals surface area contributed by atoms with Gasteiger partial charge >= 0.3 is 0 Å². The van der Waals surface area contributed by atoms with Gasteiger partial charge in [-0.2, -0.15) is 0 Å². The van der Waals surface area contributed by atoms with Crippen LogP contribution in [0.2, 0.25) is 0 Å². The Morgan fingerprint density at radius 1 is 0.767 bits per heavy atom. The van der Waals surface area contributed by atoms with E-state index in [1.54, 1.807) is 0 Å². The van der Waals surface area contributed by atoms with Gasteiger partial charge in [0.05, 0.1) is 0 Å². The van der Waals surface area contributed by atoms with Gasteiger partial charge in [0.2, 0.25) is 0 Å². The van der Waals surface area contributed by atoms with E-state index in [1.165, 1.54) is 45.5 Å². The standard InChI is InChI=1S/C29H32O/c1-5-9-28(29(2,3)4)24-15-14-23-19-26(17-16-22(23)18-24)30-20-25-12-8-11-21-10-6-7-13-27(21)25/h6-8,10-19,28H,5,9,20H2,1-4H3. The molecule has 1 nitrogen and oxygen atoms in total. The Hall–Kier alpha value is -2.80. The second kappa shape index (κ2) is 8.52. The van der Waals surface area contributed by atoms with Crippen molar-refractivity contribution in [1.29, 1.82) is 0 Å². The van der Waals surface area contributed by atoms with Gasteiger partial charge in [0.15, 0.2) is 0 Å². The first kappa shape index (κ1) is 20.5. The van der Waals surface area contributed by atoms with E-state index in [1.807, 2.05) is 0 Å². The van der Waals surface area contributed by atoms with Crippen molar-refractivity contribution in [3.63, 3.8) is 0 Å². The quantitative estimate of drug-likeness (QED) is 0.317. The van der Waals surface area contributed by atoms with Crippen molar-refractivity contribution in [2.75, 3.05) is 0 Å². The van der Waals surface area contributed by atoms with Crippen LogP contribution in [0.3, 0.4) is 0 Å².